The molecule has 0 saturated heterocycles. The third-order valence-electron chi connectivity index (χ3n) is 3.70. The molecule has 2 aromatic carbocycles. The Bertz CT molecular complexity index is 852. The van der Waals surface area contributed by atoms with E-state index in [0.29, 0.717) is 29.2 Å². The van der Waals surface area contributed by atoms with E-state index in [-0.39, 0.29) is 11.9 Å². The maximum absolute atomic E-state index is 12.1. The molecular weight excluding hydrogens is 354 g/mol. The molecule has 0 aromatic heterocycles. The molecule has 0 fully saturated rings. The predicted molar refractivity (Wildman–Crippen MR) is 99.4 cm³/mol. The molecule has 1 aliphatic heterocycles. The average Bonchev–Trinajstić information content (AvgIpc) is 2.66. The van der Waals surface area contributed by atoms with E-state index in [4.69, 9.17) is 0 Å². The van der Waals surface area contributed by atoms with Crippen LogP contribution < -0.4 is 16.0 Å². The molecule has 0 aliphatic carbocycles. The molecule has 26 heavy (non-hydrogen) atoms. The van der Waals surface area contributed by atoms with E-state index in [1.807, 2.05) is 6.07 Å². The molecule has 3 rings (SSSR count). The van der Waals surface area contributed by atoms with Gasteiger partial charge in [0.1, 0.15) is 0 Å². The molecule has 3 N–H and O–H groups in total. The fourth-order valence-corrected chi connectivity index (χ4v) is 3.18. The van der Waals surface area contributed by atoms with Gasteiger partial charge in [0.25, 0.3) is 0 Å². The van der Waals surface area contributed by atoms with Gasteiger partial charge in [-0.15, -0.1) is 11.8 Å². The van der Waals surface area contributed by atoms with Gasteiger partial charge in [-0.3, -0.25) is 4.79 Å². The molecule has 2 aromatic rings. The van der Waals surface area contributed by atoms with Crippen molar-refractivity contribution in [2.24, 2.45) is 0 Å². The number of fused-ring (bicyclic) bond motifs is 1. The Balaban J connectivity index is 1.55. The third-order valence-corrected chi connectivity index (χ3v) is 4.77. The second-order valence-corrected chi connectivity index (χ2v) is 6.56. The van der Waals surface area contributed by atoms with E-state index >= 15 is 0 Å². The number of esters is 1. The molecule has 3 amide bonds. The summed E-state index contributed by atoms with van der Waals surface area (Å²) in [6, 6.07) is 11.8. The molecule has 0 atom stereocenters. The molecule has 8 heteroatoms. The smallest absolute Gasteiger partial charge is 0.337 e. The number of methoxy groups -OCH3 is 1. The van der Waals surface area contributed by atoms with Crippen molar-refractivity contribution in [3.05, 3.63) is 53.6 Å². The number of nitrogens with one attached hydrogen (secondary N) is 3. The van der Waals surface area contributed by atoms with Crippen molar-refractivity contribution >= 4 is 41.0 Å². The van der Waals surface area contributed by atoms with Crippen molar-refractivity contribution in [2.45, 2.75) is 11.4 Å². The van der Waals surface area contributed by atoms with Gasteiger partial charge < -0.3 is 20.7 Å². The zero-order chi connectivity index (χ0) is 18.5. The van der Waals surface area contributed by atoms with Gasteiger partial charge in [0.2, 0.25) is 5.91 Å². The largest absolute Gasteiger partial charge is 0.465 e. The Morgan fingerprint density at radius 1 is 1.19 bits per heavy atom. The van der Waals surface area contributed by atoms with Gasteiger partial charge in [-0.05, 0) is 35.9 Å². The van der Waals surface area contributed by atoms with E-state index in [1.165, 1.54) is 18.9 Å². The Morgan fingerprint density at radius 2 is 1.96 bits per heavy atom. The van der Waals surface area contributed by atoms with Gasteiger partial charge in [-0.1, -0.05) is 12.1 Å². The standard InChI is InChI=1S/C18H17N3O4S/c1-25-17(23)12-4-2-11(3-5-12)9-19-18(24)20-13-6-7-15-14(8-13)21-16(22)10-26-15/h2-8H,9-10H2,1H3,(H,21,22)(H2,19,20,24). The van der Waals surface area contributed by atoms with Gasteiger partial charge >= 0.3 is 12.0 Å². The summed E-state index contributed by atoms with van der Waals surface area (Å²) in [6.07, 6.45) is 0. The predicted octanol–water partition coefficient (Wildman–Crippen LogP) is 2.84. The van der Waals surface area contributed by atoms with Crippen LogP contribution in [0.1, 0.15) is 15.9 Å². The average molecular weight is 371 g/mol. The number of ether oxygens (including phenoxy) is 1. The van der Waals surface area contributed by atoms with Crippen molar-refractivity contribution in [1.82, 2.24) is 5.32 Å². The lowest BCUT2D eigenvalue weighted by Gasteiger charge is -2.17. The summed E-state index contributed by atoms with van der Waals surface area (Å²) < 4.78 is 4.64. The lowest BCUT2D eigenvalue weighted by Crippen LogP contribution is -2.28. The summed E-state index contributed by atoms with van der Waals surface area (Å²) in [5.74, 6) is -0.0610. The van der Waals surface area contributed by atoms with Crippen molar-refractivity contribution in [1.29, 1.82) is 0 Å². The highest BCUT2D eigenvalue weighted by molar-refractivity contribution is 8.00. The summed E-state index contributed by atoms with van der Waals surface area (Å²) in [5.41, 5.74) is 2.59. The second-order valence-electron chi connectivity index (χ2n) is 5.54. The van der Waals surface area contributed by atoms with Crippen molar-refractivity contribution in [3.8, 4) is 0 Å². The number of hydrogen-bond donors (Lipinski definition) is 3. The number of rotatable bonds is 4. The van der Waals surface area contributed by atoms with Crippen LogP contribution in [0.15, 0.2) is 47.4 Å². The van der Waals surface area contributed by atoms with Crippen molar-refractivity contribution < 1.29 is 19.1 Å². The third kappa shape index (κ3) is 4.34. The van der Waals surface area contributed by atoms with Crippen LogP contribution in [0.5, 0.6) is 0 Å². The number of urea groups is 1. The Labute approximate surface area is 154 Å². The maximum atomic E-state index is 12.1. The number of hydrogen-bond acceptors (Lipinski definition) is 5. The van der Waals surface area contributed by atoms with E-state index < -0.39 is 5.97 Å². The Morgan fingerprint density at radius 3 is 2.69 bits per heavy atom. The minimum absolute atomic E-state index is 0.0560. The SMILES string of the molecule is COC(=O)c1ccc(CNC(=O)Nc2ccc3c(c2)NC(=O)CS3)cc1. The Hall–Kier alpha value is -3.00. The van der Waals surface area contributed by atoms with Crippen LogP contribution in [0.2, 0.25) is 0 Å². The minimum atomic E-state index is -0.403. The lowest BCUT2D eigenvalue weighted by molar-refractivity contribution is -0.113. The number of thioether (sulfide) groups is 1. The van der Waals surface area contributed by atoms with Crippen LogP contribution in [-0.2, 0) is 16.1 Å². The van der Waals surface area contributed by atoms with E-state index in [9.17, 15) is 14.4 Å². The van der Waals surface area contributed by atoms with Crippen LogP contribution in [0.25, 0.3) is 0 Å². The molecule has 0 saturated carbocycles. The molecule has 0 unspecified atom stereocenters. The van der Waals surface area contributed by atoms with Crippen LogP contribution in [0.4, 0.5) is 16.2 Å². The van der Waals surface area contributed by atoms with E-state index in [2.05, 4.69) is 20.7 Å². The highest BCUT2D eigenvalue weighted by Crippen LogP contribution is 2.33. The normalized spacial score (nSPS) is 12.6. The summed E-state index contributed by atoms with van der Waals surface area (Å²) in [7, 11) is 1.33. The fourth-order valence-electron chi connectivity index (χ4n) is 2.40. The lowest BCUT2D eigenvalue weighted by atomic mass is 10.1. The minimum Gasteiger partial charge on any atom is -0.465 e. The molecule has 0 radical (unpaired) electrons. The number of carbonyl (C=O) groups excluding carboxylic acids is 3. The first-order chi connectivity index (χ1) is 12.5. The van der Waals surface area contributed by atoms with Crippen LogP contribution in [0, 0.1) is 0 Å². The number of amides is 3. The first kappa shape index (κ1) is 17.8. The van der Waals surface area contributed by atoms with E-state index in [0.717, 1.165) is 10.5 Å². The first-order valence-corrected chi connectivity index (χ1v) is 8.82. The summed E-state index contributed by atoms with van der Waals surface area (Å²) in [5, 5.41) is 8.25. The zero-order valence-corrected chi connectivity index (χ0v) is 14.8. The summed E-state index contributed by atoms with van der Waals surface area (Å²) in [4.78, 5) is 35.9. The Kier molecular flexibility index (Phi) is 5.43. The zero-order valence-electron chi connectivity index (χ0n) is 14.0. The molecule has 0 spiro atoms. The molecule has 1 heterocycles. The van der Waals surface area contributed by atoms with Crippen molar-refractivity contribution in [2.75, 3.05) is 23.5 Å². The first-order valence-electron chi connectivity index (χ1n) is 7.84. The molecule has 7 nitrogen and oxygen atoms in total. The number of benzene rings is 2. The number of carbonyl (C=O) groups is 3. The maximum Gasteiger partial charge on any atom is 0.337 e. The highest BCUT2D eigenvalue weighted by Gasteiger charge is 2.15. The molecule has 134 valence electrons. The molecular formula is C18H17N3O4S. The second kappa shape index (κ2) is 7.92. The van der Waals surface area contributed by atoms with Gasteiger partial charge in [0.05, 0.1) is 24.1 Å². The molecule has 0 bridgehead atoms. The van der Waals surface area contributed by atoms with Crippen molar-refractivity contribution in [3.63, 3.8) is 0 Å². The van der Waals surface area contributed by atoms with Crippen LogP contribution in [0.3, 0.4) is 0 Å². The van der Waals surface area contributed by atoms with Gasteiger partial charge in [-0.2, -0.15) is 0 Å². The van der Waals surface area contributed by atoms with Gasteiger partial charge in [-0.25, -0.2) is 9.59 Å². The van der Waals surface area contributed by atoms with Crippen LogP contribution >= 0.6 is 11.8 Å². The molecule has 1 aliphatic rings. The van der Waals surface area contributed by atoms with Gasteiger partial charge in [0.15, 0.2) is 0 Å². The van der Waals surface area contributed by atoms with Gasteiger partial charge in [0, 0.05) is 17.1 Å². The van der Waals surface area contributed by atoms with Crippen LogP contribution in [-0.4, -0.2) is 30.8 Å². The highest BCUT2D eigenvalue weighted by atomic mass is 32.2. The summed E-state index contributed by atoms with van der Waals surface area (Å²) >= 11 is 1.46. The van der Waals surface area contributed by atoms with E-state index in [1.54, 1.807) is 36.4 Å². The number of anilines is 2. The monoisotopic (exact) mass is 371 g/mol. The fraction of sp³-hybridized carbons (Fsp3) is 0.167. The topological polar surface area (TPSA) is 96.5 Å². The quantitative estimate of drug-likeness (QED) is 0.718. The summed E-state index contributed by atoms with van der Waals surface area (Å²) in [6.45, 7) is 0.310.